The summed E-state index contributed by atoms with van der Waals surface area (Å²) in [6, 6.07) is 15.3. The average molecular weight is 571 g/mol. The highest BCUT2D eigenvalue weighted by molar-refractivity contribution is 6.32. The summed E-state index contributed by atoms with van der Waals surface area (Å²) in [5.41, 5.74) is 3.07. The van der Waals surface area contributed by atoms with Crippen molar-refractivity contribution >= 4 is 46.5 Å². The van der Waals surface area contributed by atoms with Gasteiger partial charge < -0.3 is 29.5 Å². The van der Waals surface area contributed by atoms with E-state index in [2.05, 4.69) is 5.32 Å². The topological polar surface area (TPSA) is 97.3 Å². The fraction of sp³-hybridized carbons (Fsp3) is 0.310. The van der Waals surface area contributed by atoms with Crippen molar-refractivity contribution in [3.8, 4) is 17.2 Å². The van der Waals surface area contributed by atoms with Gasteiger partial charge in [0.25, 0.3) is 5.91 Å². The molecule has 1 saturated carbocycles. The number of carboxylic acid groups (broad SMARTS) is 1. The molecule has 2 aliphatic rings. The second-order valence-electron chi connectivity index (χ2n) is 9.63. The van der Waals surface area contributed by atoms with E-state index < -0.39 is 12.0 Å². The molecule has 0 bridgehead atoms. The van der Waals surface area contributed by atoms with Crippen molar-refractivity contribution in [3.05, 3.63) is 75.8 Å². The Bertz CT molecular complexity index is 1390. The van der Waals surface area contributed by atoms with Gasteiger partial charge in [0.05, 0.1) is 25.2 Å². The Balaban J connectivity index is 1.44. The molecule has 0 spiro atoms. The zero-order chi connectivity index (χ0) is 27.7. The molecule has 1 heterocycles. The Morgan fingerprint density at radius 2 is 1.72 bits per heavy atom. The first-order valence-electron chi connectivity index (χ1n) is 12.5. The third-order valence-electron chi connectivity index (χ3n) is 7.14. The van der Waals surface area contributed by atoms with Gasteiger partial charge in [-0.1, -0.05) is 35.3 Å². The van der Waals surface area contributed by atoms with E-state index in [1.54, 1.807) is 55.5 Å². The first-order valence-corrected chi connectivity index (χ1v) is 13.3. The highest BCUT2D eigenvalue weighted by Gasteiger charge is 2.36. The Labute approximate surface area is 236 Å². The van der Waals surface area contributed by atoms with E-state index in [0.29, 0.717) is 58.8 Å². The quantitative estimate of drug-likeness (QED) is 0.326. The summed E-state index contributed by atoms with van der Waals surface area (Å²) in [7, 11) is 3.11. The van der Waals surface area contributed by atoms with E-state index in [1.165, 1.54) is 0 Å². The lowest BCUT2D eigenvalue weighted by atomic mass is 9.82. The highest BCUT2D eigenvalue weighted by Crippen LogP contribution is 2.39. The normalized spacial score (nSPS) is 18.5. The lowest BCUT2D eigenvalue weighted by Gasteiger charge is -2.32. The van der Waals surface area contributed by atoms with Crippen LogP contribution in [0, 0.1) is 5.92 Å². The summed E-state index contributed by atoms with van der Waals surface area (Å²) in [6.45, 7) is 0.502. The fourth-order valence-electron chi connectivity index (χ4n) is 4.94. The fourth-order valence-corrected chi connectivity index (χ4v) is 5.30. The average Bonchev–Trinajstić information content (AvgIpc) is 3.31. The molecule has 1 amide bonds. The number of rotatable bonds is 9. The van der Waals surface area contributed by atoms with Crippen LogP contribution in [0.3, 0.4) is 0 Å². The summed E-state index contributed by atoms with van der Waals surface area (Å²) >= 11 is 12.5. The molecular formula is C29H28Cl2N2O6. The molecule has 0 aromatic heterocycles. The van der Waals surface area contributed by atoms with E-state index in [0.717, 1.165) is 16.8 Å². The highest BCUT2D eigenvalue weighted by atomic mass is 35.5. The predicted molar refractivity (Wildman–Crippen MR) is 150 cm³/mol. The van der Waals surface area contributed by atoms with E-state index >= 15 is 0 Å². The van der Waals surface area contributed by atoms with Crippen molar-refractivity contribution < 1.29 is 28.9 Å². The largest absolute Gasteiger partial charge is 0.497 e. The molecule has 2 N–H and O–H groups in total. The molecule has 39 heavy (non-hydrogen) atoms. The third kappa shape index (κ3) is 5.72. The van der Waals surface area contributed by atoms with Gasteiger partial charge >= 0.3 is 5.97 Å². The first kappa shape index (κ1) is 27.0. The van der Waals surface area contributed by atoms with Crippen LogP contribution < -0.4 is 24.4 Å². The molecule has 0 radical (unpaired) electrons. The Morgan fingerprint density at radius 3 is 2.38 bits per heavy atom. The maximum Gasteiger partial charge on any atom is 0.306 e. The van der Waals surface area contributed by atoms with Crippen molar-refractivity contribution in [2.75, 3.05) is 31.0 Å². The Hall–Kier alpha value is -3.62. The lowest BCUT2D eigenvalue weighted by Crippen LogP contribution is -2.38. The van der Waals surface area contributed by atoms with Gasteiger partial charge in [0, 0.05) is 41.1 Å². The summed E-state index contributed by atoms with van der Waals surface area (Å²) in [6.07, 6.45) is 1.38. The van der Waals surface area contributed by atoms with Crippen LogP contribution in [-0.4, -0.2) is 43.9 Å². The van der Waals surface area contributed by atoms with Crippen LogP contribution in [0.1, 0.15) is 30.0 Å². The molecular weight excluding hydrogens is 543 g/mol. The molecule has 204 valence electrons. The Kier molecular flexibility index (Phi) is 7.77. The molecule has 3 aromatic rings. The number of halogens is 2. The number of benzene rings is 3. The van der Waals surface area contributed by atoms with Crippen LogP contribution in [-0.2, 0) is 16.0 Å². The van der Waals surface area contributed by atoms with Crippen LogP contribution >= 0.6 is 23.2 Å². The maximum absolute atomic E-state index is 14.1. The molecule has 10 heteroatoms. The zero-order valence-corrected chi connectivity index (χ0v) is 23.0. The number of ether oxygens (including phenoxy) is 3. The molecule has 1 fully saturated rings. The molecule has 0 saturated heterocycles. The summed E-state index contributed by atoms with van der Waals surface area (Å²) in [4.78, 5) is 27.0. The zero-order valence-electron chi connectivity index (χ0n) is 21.4. The van der Waals surface area contributed by atoms with Gasteiger partial charge in [-0.15, -0.1) is 0 Å². The minimum Gasteiger partial charge on any atom is -0.497 e. The molecule has 5 rings (SSSR count). The number of carboxylic acids is 1. The van der Waals surface area contributed by atoms with E-state index in [4.69, 9.17) is 42.5 Å². The van der Waals surface area contributed by atoms with Crippen LogP contribution in [0.5, 0.6) is 17.2 Å². The molecule has 8 nitrogen and oxygen atoms in total. The van der Waals surface area contributed by atoms with Gasteiger partial charge in [0.2, 0.25) is 0 Å². The van der Waals surface area contributed by atoms with E-state index in [1.807, 2.05) is 18.2 Å². The van der Waals surface area contributed by atoms with Crippen molar-refractivity contribution in [3.63, 3.8) is 0 Å². The predicted octanol–water partition coefficient (Wildman–Crippen LogP) is 6.00. The van der Waals surface area contributed by atoms with Crippen molar-refractivity contribution in [2.45, 2.75) is 31.4 Å². The molecule has 3 aromatic carbocycles. The van der Waals surface area contributed by atoms with Crippen LogP contribution in [0.4, 0.5) is 11.4 Å². The van der Waals surface area contributed by atoms with Gasteiger partial charge in [-0.3, -0.25) is 9.59 Å². The smallest absolute Gasteiger partial charge is 0.306 e. The van der Waals surface area contributed by atoms with Gasteiger partial charge in [-0.25, -0.2) is 0 Å². The molecule has 1 aliphatic heterocycles. The number of aliphatic carboxylic acids is 1. The number of amides is 1. The number of nitrogens with zero attached hydrogens (tertiary/aromatic N) is 1. The standard InChI is InChI=1S/C29H28Cl2N2O6/c1-37-21-12-20(13-23(14-21)39-22-9-18(10-22)29(35)36)32-27(16-3-5-19(30)6-4-16)28(34)33-8-7-17-11-26(38-2)24(31)15-25(17)33/h3-6,11-15,18,22,27,32H,7-10H2,1-2H3,(H,35,36). The minimum atomic E-state index is -0.810. The number of carbonyl (C=O) groups excluding carboxylic acids is 1. The van der Waals surface area contributed by atoms with E-state index in [9.17, 15) is 9.59 Å². The molecule has 1 aliphatic carbocycles. The number of carbonyl (C=O) groups is 2. The van der Waals surface area contributed by atoms with Gasteiger partial charge in [-0.2, -0.15) is 0 Å². The number of hydrogen-bond acceptors (Lipinski definition) is 6. The number of methoxy groups -OCH3 is 2. The minimum absolute atomic E-state index is 0.161. The van der Waals surface area contributed by atoms with Crippen LogP contribution in [0.2, 0.25) is 10.0 Å². The lowest BCUT2D eigenvalue weighted by molar-refractivity contribution is -0.147. The Morgan fingerprint density at radius 1 is 1.00 bits per heavy atom. The van der Waals surface area contributed by atoms with Gasteiger partial charge in [0.15, 0.2) is 0 Å². The number of hydrogen-bond donors (Lipinski definition) is 2. The van der Waals surface area contributed by atoms with E-state index in [-0.39, 0.29) is 17.9 Å². The summed E-state index contributed by atoms with van der Waals surface area (Å²) in [5, 5.41) is 13.5. The third-order valence-corrected chi connectivity index (χ3v) is 7.69. The van der Waals surface area contributed by atoms with Crippen molar-refractivity contribution in [1.29, 1.82) is 0 Å². The number of nitrogens with one attached hydrogen (secondary N) is 1. The van der Waals surface area contributed by atoms with Crippen LogP contribution in [0.15, 0.2) is 54.6 Å². The second kappa shape index (κ2) is 11.2. The van der Waals surface area contributed by atoms with Gasteiger partial charge in [-0.05, 0) is 54.7 Å². The second-order valence-corrected chi connectivity index (χ2v) is 10.5. The SMILES string of the molecule is COc1cc(NC(C(=O)N2CCc3cc(OC)c(Cl)cc32)c2ccc(Cl)cc2)cc(OC2CC(C(=O)O)C2)c1. The summed E-state index contributed by atoms with van der Waals surface area (Å²) < 4.78 is 16.9. The number of fused-ring (bicyclic) bond motifs is 1. The molecule has 1 atom stereocenters. The summed E-state index contributed by atoms with van der Waals surface area (Å²) in [5.74, 6) is 0.278. The number of anilines is 2. The maximum atomic E-state index is 14.1. The monoisotopic (exact) mass is 570 g/mol. The van der Waals surface area contributed by atoms with Crippen LogP contribution in [0.25, 0.3) is 0 Å². The van der Waals surface area contributed by atoms with Crippen molar-refractivity contribution in [2.24, 2.45) is 5.92 Å². The van der Waals surface area contributed by atoms with Crippen molar-refractivity contribution in [1.82, 2.24) is 0 Å². The van der Waals surface area contributed by atoms with Gasteiger partial charge in [0.1, 0.15) is 29.4 Å². The molecule has 1 unspecified atom stereocenters. The first-order chi connectivity index (χ1) is 18.7.